The van der Waals surface area contributed by atoms with Gasteiger partial charge in [-0.05, 0) is 23.3 Å². The Labute approximate surface area is 154 Å². The number of H-pyrrole nitrogens is 1. The molecule has 0 aliphatic heterocycles. The van der Waals surface area contributed by atoms with E-state index >= 15 is 0 Å². The first-order chi connectivity index (χ1) is 12.7. The molecule has 1 aromatic heterocycles. The third-order valence-corrected chi connectivity index (χ3v) is 4.15. The lowest BCUT2D eigenvalue weighted by molar-refractivity contribution is 0.141. The van der Waals surface area contributed by atoms with E-state index in [0.717, 1.165) is 33.7 Å². The third kappa shape index (κ3) is 5.10. The monoisotopic (exact) mass is 364 g/mol. The smallest absolute Gasteiger partial charge is 0.408 e. The standard InChI is InChI=1S/C20H16N2O3S/c23-19(25-13-16-5-2-1-3-6-16)21-12-4-7-15-8-10-17(11-9-15)18-14-26-20(24)22-18/h1-3,5-6,8-11,14H,12-13H2,(H,21,23)(H,22,24). The lowest BCUT2D eigenvalue weighted by Gasteiger charge is -2.04. The Balaban J connectivity index is 1.46. The number of thiazole rings is 1. The second-order valence-corrected chi connectivity index (χ2v) is 6.20. The van der Waals surface area contributed by atoms with Gasteiger partial charge in [0.1, 0.15) is 6.61 Å². The SMILES string of the molecule is O=C(NCC#Cc1ccc(-c2csc(=O)[nH]2)cc1)OCc1ccccc1. The molecule has 1 amide bonds. The zero-order chi connectivity index (χ0) is 18.2. The van der Waals surface area contributed by atoms with Gasteiger partial charge in [0.2, 0.25) is 0 Å². The molecule has 3 aromatic rings. The van der Waals surface area contributed by atoms with Crippen molar-refractivity contribution in [2.75, 3.05) is 6.54 Å². The summed E-state index contributed by atoms with van der Waals surface area (Å²) in [5, 5.41) is 4.38. The molecular weight excluding hydrogens is 348 g/mol. The zero-order valence-electron chi connectivity index (χ0n) is 13.8. The highest BCUT2D eigenvalue weighted by atomic mass is 32.1. The highest BCUT2D eigenvalue weighted by Gasteiger charge is 2.01. The minimum Gasteiger partial charge on any atom is -0.445 e. The molecule has 0 aliphatic carbocycles. The number of ether oxygens (including phenoxy) is 1. The number of carbonyl (C=O) groups excluding carboxylic acids is 1. The summed E-state index contributed by atoms with van der Waals surface area (Å²) in [5.74, 6) is 5.84. The Morgan fingerprint density at radius 2 is 1.88 bits per heavy atom. The number of amides is 1. The van der Waals surface area contributed by atoms with Crippen molar-refractivity contribution in [2.24, 2.45) is 0 Å². The van der Waals surface area contributed by atoms with Crippen molar-refractivity contribution >= 4 is 17.4 Å². The number of aromatic amines is 1. The van der Waals surface area contributed by atoms with E-state index < -0.39 is 6.09 Å². The number of alkyl carbamates (subject to hydrolysis) is 1. The average molecular weight is 364 g/mol. The van der Waals surface area contributed by atoms with E-state index in [0.29, 0.717) is 0 Å². The molecule has 2 aromatic carbocycles. The maximum atomic E-state index is 11.6. The zero-order valence-corrected chi connectivity index (χ0v) is 14.6. The Morgan fingerprint density at radius 1 is 1.12 bits per heavy atom. The van der Waals surface area contributed by atoms with Gasteiger partial charge in [-0.2, -0.15) is 0 Å². The van der Waals surface area contributed by atoms with Crippen molar-refractivity contribution in [2.45, 2.75) is 6.61 Å². The molecule has 0 saturated carbocycles. The second kappa shape index (κ2) is 8.70. The van der Waals surface area contributed by atoms with E-state index in [1.54, 1.807) is 5.38 Å². The van der Waals surface area contributed by atoms with E-state index in [-0.39, 0.29) is 18.0 Å². The average Bonchev–Trinajstić information content (AvgIpc) is 3.11. The van der Waals surface area contributed by atoms with E-state index in [4.69, 9.17) is 4.74 Å². The second-order valence-electron chi connectivity index (χ2n) is 5.36. The molecule has 0 unspecified atom stereocenters. The van der Waals surface area contributed by atoms with Crippen molar-refractivity contribution in [1.82, 2.24) is 10.3 Å². The van der Waals surface area contributed by atoms with Gasteiger partial charge in [-0.15, -0.1) is 0 Å². The van der Waals surface area contributed by atoms with Crippen molar-refractivity contribution in [3.8, 4) is 23.1 Å². The minimum atomic E-state index is -0.500. The van der Waals surface area contributed by atoms with E-state index in [2.05, 4.69) is 22.1 Å². The van der Waals surface area contributed by atoms with Crippen molar-refractivity contribution < 1.29 is 9.53 Å². The van der Waals surface area contributed by atoms with Gasteiger partial charge in [0.15, 0.2) is 0 Å². The molecule has 0 radical (unpaired) electrons. The summed E-state index contributed by atoms with van der Waals surface area (Å²) < 4.78 is 5.10. The van der Waals surface area contributed by atoms with Gasteiger partial charge in [0, 0.05) is 10.9 Å². The molecule has 0 saturated heterocycles. The van der Waals surface area contributed by atoms with Gasteiger partial charge >= 0.3 is 11.0 Å². The topological polar surface area (TPSA) is 71.2 Å². The van der Waals surface area contributed by atoms with Crippen LogP contribution in [0.4, 0.5) is 4.79 Å². The maximum absolute atomic E-state index is 11.6. The molecule has 1 heterocycles. The van der Waals surface area contributed by atoms with Crippen LogP contribution in [0.2, 0.25) is 0 Å². The van der Waals surface area contributed by atoms with Gasteiger partial charge in [0.05, 0.1) is 12.2 Å². The number of rotatable bonds is 4. The highest BCUT2D eigenvalue weighted by molar-refractivity contribution is 7.07. The summed E-state index contributed by atoms with van der Waals surface area (Å²) in [4.78, 5) is 25.5. The summed E-state index contributed by atoms with van der Waals surface area (Å²) >= 11 is 1.13. The molecule has 0 bridgehead atoms. The van der Waals surface area contributed by atoms with Crippen LogP contribution in [0.5, 0.6) is 0 Å². The van der Waals surface area contributed by atoms with Gasteiger partial charge in [-0.25, -0.2) is 4.79 Å². The van der Waals surface area contributed by atoms with Crippen molar-refractivity contribution in [3.63, 3.8) is 0 Å². The van der Waals surface area contributed by atoms with Crippen LogP contribution in [0.25, 0.3) is 11.3 Å². The molecule has 0 atom stereocenters. The Morgan fingerprint density at radius 3 is 2.58 bits per heavy atom. The number of benzene rings is 2. The molecule has 0 fully saturated rings. The fourth-order valence-electron chi connectivity index (χ4n) is 2.19. The highest BCUT2D eigenvalue weighted by Crippen LogP contribution is 2.17. The molecule has 130 valence electrons. The van der Waals surface area contributed by atoms with Gasteiger partial charge in [-0.1, -0.05) is 65.6 Å². The predicted molar refractivity (Wildman–Crippen MR) is 102 cm³/mol. The van der Waals surface area contributed by atoms with Crippen molar-refractivity contribution in [3.05, 3.63) is 80.8 Å². The quantitative estimate of drug-likeness (QED) is 0.697. The van der Waals surface area contributed by atoms with Crippen LogP contribution < -0.4 is 10.2 Å². The molecule has 5 nitrogen and oxygen atoms in total. The van der Waals surface area contributed by atoms with Gasteiger partial charge in [-0.3, -0.25) is 4.79 Å². The Bertz CT molecular complexity index is 979. The summed E-state index contributed by atoms with van der Waals surface area (Å²) in [6, 6.07) is 17.0. The van der Waals surface area contributed by atoms with Crippen molar-refractivity contribution in [1.29, 1.82) is 0 Å². The van der Waals surface area contributed by atoms with Crippen LogP contribution >= 0.6 is 11.3 Å². The fraction of sp³-hybridized carbons (Fsp3) is 0.100. The number of hydrogen-bond donors (Lipinski definition) is 2. The maximum Gasteiger partial charge on any atom is 0.408 e. The summed E-state index contributed by atoms with van der Waals surface area (Å²) in [7, 11) is 0. The normalized spacial score (nSPS) is 9.85. The minimum absolute atomic E-state index is 0.0749. The summed E-state index contributed by atoms with van der Waals surface area (Å²) in [6.07, 6.45) is -0.500. The molecule has 2 N–H and O–H groups in total. The molecule has 0 aliphatic rings. The van der Waals surface area contributed by atoms with Gasteiger partial charge in [0.25, 0.3) is 0 Å². The first-order valence-electron chi connectivity index (χ1n) is 7.92. The number of aromatic nitrogens is 1. The van der Waals surface area contributed by atoms with E-state index in [1.807, 2.05) is 54.6 Å². The molecule has 6 heteroatoms. The number of carbonyl (C=O) groups is 1. The third-order valence-electron chi connectivity index (χ3n) is 3.48. The first-order valence-corrected chi connectivity index (χ1v) is 8.80. The summed E-state index contributed by atoms with van der Waals surface area (Å²) in [5.41, 5.74) is 3.48. The lowest BCUT2D eigenvalue weighted by Crippen LogP contribution is -2.24. The Kier molecular flexibility index (Phi) is 5.86. The molecule has 3 rings (SSSR count). The summed E-state index contributed by atoms with van der Waals surface area (Å²) in [6.45, 7) is 0.430. The van der Waals surface area contributed by atoms with Crippen LogP contribution in [0.15, 0.2) is 64.8 Å². The fourth-order valence-corrected chi connectivity index (χ4v) is 2.78. The van der Waals surface area contributed by atoms with E-state index in [9.17, 15) is 9.59 Å². The van der Waals surface area contributed by atoms with Crippen LogP contribution in [0.1, 0.15) is 11.1 Å². The number of nitrogens with one attached hydrogen (secondary N) is 2. The largest absolute Gasteiger partial charge is 0.445 e. The van der Waals surface area contributed by atoms with Crippen LogP contribution in [-0.2, 0) is 11.3 Å². The lowest BCUT2D eigenvalue weighted by atomic mass is 10.1. The predicted octanol–water partition coefficient (Wildman–Crippen LogP) is 3.38. The van der Waals surface area contributed by atoms with E-state index in [1.165, 1.54) is 0 Å². The molecule has 0 spiro atoms. The molecular formula is C20H16N2O3S. The first kappa shape index (κ1) is 17.5. The van der Waals surface area contributed by atoms with Gasteiger partial charge < -0.3 is 15.0 Å². The van der Waals surface area contributed by atoms with Crippen LogP contribution in [0, 0.1) is 11.8 Å². The number of hydrogen-bond acceptors (Lipinski definition) is 4. The van der Waals surface area contributed by atoms with Crippen LogP contribution in [0.3, 0.4) is 0 Å². The molecule has 26 heavy (non-hydrogen) atoms. The van der Waals surface area contributed by atoms with Crippen LogP contribution in [-0.4, -0.2) is 17.6 Å². The Hall–Kier alpha value is -3.30.